The normalized spacial score (nSPS) is 29.8. The maximum atomic E-state index is 14.4. The Bertz CT molecular complexity index is 589. The molecule has 2 heterocycles. The second kappa shape index (κ2) is 4.81. The molecule has 0 aromatic carbocycles. The molecule has 0 aliphatic carbocycles. The van der Waals surface area contributed by atoms with Crippen molar-refractivity contribution in [3.63, 3.8) is 0 Å². The van der Waals surface area contributed by atoms with E-state index in [1.807, 2.05) is 0 Å². The zero-order chi connectivity index (χ0) is 16.0. The third-order valence-corrected chi connectivity index (χ3v) is 3.16. The summed E-state index contributed by atoms with van der Waals surface area (Å²) in [6.07, 6.45) is -10.4. The summed E-state index contributed by atoms with van der Waals surface area (Å²) < 4.78 is 71.2. The molecule has 0 amide bonds. The summed E-state index contributed by atoms with van der Waals surface area (Å²) in [7, 11) is 0. The molecule has 0 saturated heterocycles. The van der Waals surface area contributed by atoms with Gasteiger partial charge in [-0.1, -0.05) is 0 Å². The molecule has 1 aliphatic rings. The lowest BCUT2D eigenvalue weighted by Gasteiger charge is -2.38. The molecule has 0 bridgehead atoms. The summed E-state index contributed by atoms with van der Waals surface area (Å²) >= 11 is 0. The number of pyridine rings is 1. The molecular weight excluding hydrogens is 297 g/mol. The molecule has 1 aromatic heterocycles. The highest BCUT2D eigenvalue weighted by molar-refractivity contribution is 5.75. The van der Waals surface area contributed by atoms with Crippen LogP contribution in [-0.2, 0) is 10.3 Å². The molecule has 116 valence electrons. The molecule has 2 N–H and O–H groups in total. The summed E-state index contributed by atoms with van der Waals surface area (Å²) in [5.74, 6) is -1.55. The van der Waals surface area contributed by atoms with Crippen molar-refractivity contribution < 1.29 is 26.7 Å². The fourth-order valence-corrected chi connectivity index (χ4v) is 2.18. The smallest absolute Gasteiger partial charge is 0.428 e. The topological polar surface area (TPSA) is 60.5 Å². The van der Waals surface area contributed by atoms with Crippen LogP contribution in [-0.4, -0.2) is 29.3 Å². The molecule has 0 radical (unpaired) electrons. The number of nitrogen functional groups attached to an aromatic ring is 1. The number of alkyl halides is 4. The molecule has 0 saturated carbocycles. The molecule has 0 fully saturated rings. The summed E-state index contributed by atoms with van der Waals surface area (Å²) in [6, 6.07) is 2.02. The van der Waals surface area contributed by atoms with Crippen LogP contribution in [0.3, 0.4) is 0 Å². The molecule has 0 unspecified atom stereocenters. The second-order valence-electron chi connectivity index (χ2n) is 4.83. The van der Waals surface area contributed by atoms with E-state index in [4.69, 9.17) is 5.73 Å². The van der Waals surface area contributed by atoms with Gasteiger partial charge in [-0.25, -0.2) is 18.8 Å². The van der Waals surface area contributed by atoms with E-state index < -0.39 is 41.4 Å². The predicted molar refractivity (Wildman–Crippen MR) is 64.9 cm³/mol. The third-order valence-electron chi connectivity index (χ3n) is 3.16. The predicted octanol–water partition coefficient (Wildman–Crippen LogP) is 2.74. The first-order valence-electron chi connectivity index (χ1n) is 5.92. The summed E-state index contributed by atoms with van der Waals surface area (Å²) in [5, 5.41) is 0. The zero-order valence-electron chi connectivity index (χ0n) is 11.1. The van der Waals surface area contributed by atoms with Crippen molar-refractivity contribution in [3.8, 4) is 0 Å². The average Bonchev–Trinajstić information content (AvgIpc) is 2.35. The van der Waals surface area contributed by atoms with E-state index in [2.05, 4.69) is 14.7 Å². The number of aliphatic imine (C=N–C) groups is 1. The number of rotatable bonds is 1. The average molecular weight is 309 g/mol. The minimum atomic E-state index is -4.96. The van der Waals surface area contributed by atoms with E-state index in [1.54, 1.807) is 0 Å². The molecule has 21 heavy (non-hydrogen) atoms. The quantitative estimate of drug-likeness (QED) is 0.811. The Hall–Kier alpha value is -1.93. The summed E-state index contributed by atoms with van der Waals surface area (Å²) in [5.41, 5.74) is 2.62. The SMILES string of the molecule is CC1=N[C@](C)(c2nc(N)ccc2F)[C@@H](F)[C@@H](C(F)(F)F)O1. The van der Waals surface area contributed by atoms with Gasteiger partial charge < -0.3 is 10.5 Å². The van der Waals surface area contributed by atoms with Crippen LogP contribution < -0.4 is 5.73 Å². The fourth-order valence-electron chi connectivity index (χ4n) is 2.18. The van der Waals surface area contributed by atoms with Crippen molar-refractivity contribution in [3.05, 3.63) is 23.6 Å². The minimum Gasteiger partial charge on any atom is -0.465 e. The van der Waals surface area contributed by atoms with Crippen LogP contribution in [0.1, 0.15) is 19.5 Å². The van der Waals surface area contributed by atoms with Crippen molar-refractivity contribution in [2.75, 3.05) is 5.73 Å². The Morgan fingerprint density at radius 3 is 2.52 bits per heavy atom. The number of ether oxygens (including phenoxy) is 1. The Morgan fingerprint density at radius 2 is 1.95 bits per heavy atom. The van der Waals surface area contributed by atoms with Gasteiger partial charge in [0.2, 0.25) is 6.10 Å². The second-order valence-corrected chi connectivity index (χ2v) is 4.83. The molecular formula is C12H12F5N3O. The summed E-state index contributed by atoms with van der Waals surface area (Å²) in [4.78, 5) is 7.29. The van der Waals surface area contributed by atoms with Gasteiger partial charge in [0, 0.05) is 6.92 Å². The van der Waals surface area contributed by atoms with Gasteiger partial charge in [-0.05, 0) is 19.1 Å². The van der Waals surface area contributed by atoms with Crippen LogP contribution >= 0.6 is 0 Å². The maximum Gasteiger partial charge on any atom is 0.428 e. The molecule has 9 heteroatoms. The highest BCUT2D eigenvalue weighted by atomic mass is 19.4. The number of halogens is 5. The van der Waals surface area contributed by atoms with Crippen LogP contribution in [0.4, 0.5) is 27.8 Å². The van der Waals surface area contributed by atoms with Crippen LogP contribution in [0.15, 0.2) is 17.1 Å². The van der Waals surface area contributed by atoms with E-state index in [1.165, 1.54) is 0 Å². The summed E-state index contributed by atoms with van der Waals surface area (Å²) in [6.45, 7) is 2.15. The third kappa shape index (κ3) is 2.64. The number of aromatic nitrogens is 1. The van der Waals surface area contributed by atoms with Crippen LogP contribution in [0.2, 0.25) is 0 Å². The Morgan fingerprint density at radius 1 is 1.33 bits per heavy atom. The van der Waals surface area contributed by atoms with Crippen LogP contribution in [0.25, 0.3) is 0 Å². The number of anilines is 1. The van der Waals surface area contributed by atoms with Crippen molar-refractivity contribution in [2.24, 2.45) is 4.99 Å². The Labute approximate surface area is 116 Å². The van der Waals surface area contributed by atoms with Gasteiger partial charge in [0.25, 0.3) is 0 Å². The minimum absolute atomic E-state index is 0.150. The first-order valence-corrected chi connectivity index (χ1v) is 5.92. The van der Waals surface area contributed by atoms with Crippen molar-refractivity contribution in [2.45, 2.75) is 37.8 Å². The van der Waals surface area contributed by atoms with E-state index in [0.717, 1.165) is 26.0 Å². The molecule has 4 nitrogen and oxygen atoms in total. The monoisotopic (exact) mass is 309 g/mol. The Balaban J connectivity index is 2.58. The highest BCUT2D eigenvalue weighted by Gasteiger charge is 2.58. The molecule has 2 rings (SSSR count). The van der Waals surface area contributed by atoms with Gasteiger partial charge in [-0.15, -0.1) is 0 Å². The Kier molecular flexibility index (Phi) is 3.54. The van der Waals surface area contributed by atoms with E-state index in [-0.39, 0.29) is 5.82 Å². The first-order chi connectivity index (χ1) is 9.55. The zero-order valence-corrected chi connectivity index (χ0v) is 11.1. The van der Waals surface area contributed by atoms with E-state index >= 15 is 0 Å². The number of hydrogen-bond donors (Lipinski definition) is 1. The maximum absolute atomic E-state index is 14.4. The van der Waals surface area contributed by atoms with Crippen LogP contribution in [0, 0.1) is 5.82 Å². The van der Waals surface area contributed by atoms with Crippen molar-refractivity contribution in [1.29, 1.82) is 0 Å². The first kappa shape index (κ1) is 15.5. The van der Waals surface area contributed by atoms with Crippen LogP contribution in [0.5, 0.6) is 0 Å². The lowest BCUT2D eigenvalue weighted by atomic mass is 9.87. The van der Waals surface area contributed by atoms with Gasteiger partial charge >= 0.3 is 6.18 Å². The van der Waals surface area contributed by atoms with Gasteiger partial charge in [0.15, 0.2) is 12.1 Å². The van der Waals surface area contributed by atoms with Gasteiger partial charge in [0.1, 0.15) is 22.9 Å². The van der Waals surface area contributed by atoms with Gasteiger partial charge in [-0.2, -0.15) is 13.2 Å². The fraction of sp³-hybridized carbons (Fsp3) is 0.500. The number of nitrogens with zero attached hydrogens (tertiary/aromatic N) is 2. The van der Waals surface area contributed by atoms with Gasteiger partial charge in [0.05, 0.1) is 0 Å². The molecule has 0 spiro atoms. The lowest BCUT2D eigenvalue weighted by Crippen LogP contribution is -2.53. The highest BCUT2D eigenvalue weighted by Crippen LogP contribution is 2.42. The van der Waals surface area contributed by atoms with Crippen molar-refractivity contribution >= 4 is 11.7 Å². The number of hydrogen-bond acceptors (Lipinski definition) is 4. The molecule has 1 aromatic rings. The largest absolute Gasteiger partial charge is 0.465 e. The van der Waals surface area contributed by atoms with E-state index in [9.17, 15) is 22.0 Å². The number of nitrogens with two attached hydrogens (primary N) is 1. The molecule has 1 aliphatic heterocycles. The van der Waals surface area contributed by atoms with E-state index in [0.29, 0.717) is 0 Å². The molecule has 3 atom stereocenters. The lowest BCUT2D eigenvalue weighted by molar-refractivity contribution is -0.227. The standard InChI is InChI=1S/C12H12F5N3O/c1-5-20-11(2,8(14)10(21-5)12(15,16)17)9-6(13)3-4-7(18)19-9/h3-4,8,10H,1-2H3,(H2,18,19)/t8-,10-,11-/m0/s1. The van der Waals surface area contributed by atoms with Gasteiger partial charge in [-0.3, -0.25) is 0 Å². The van der Waals surface area contributed by atoms with Crippen molar-refractivity contribution in [1.82, 2.24) is 4.98 Å².